The lowest BCUT2D eigenvalue weighted by Gasteiger charge is -2.22. The van der Waals surface area contributed by atoms with E-state index in [4.69, 9.17) is 4.74 Å². The number of hydrogen-bond donors (Lipinski definition) is 2. The van der Waals surface area contributed by atoms with E-state index < -0.39 is 12.0 Å². The fraction of sp³-hybridized carbons (Fsp3) is 0.533. The molecular weight excluding hydrogens is 242 g/mol. The van der Waals surface area contributed by atoms with E-state index in [2.05, 4.69) is 5.32 Å². The molecular formula is C15H23NO3. The van der Waals surface area contributed by atoms with Crippen LogP contribution in [-0.4, -0.2) is 23.7 Å². The van der Waals surface area contributed by atoms with Crippen molar-refractivity contribution in [3.63, 3.8) is 0 Å². The first-order valence-corrected chi connectivity index (χ1v) is 6.80. The highest BCUT2D eigenvalue weighted by molar-refractivity contribution is 5.73. The van der Waals surface area contributed by atoms with E-state index in [0.29, 0.717) is 13.0 Å². The Balaban J connectivity index is 2.81. The molecule has 1 rings (SSSR count). The molecule has 0 aliphatic heterocycles. The Kier molecular flexibility index (Phi) is 6.36. The van der Waals surface area contributed by atoms with Gasteiger partial charge in [-0.15, -0.1) is 0 Å². The molecule has 2 N–H and O–H groups in total. The number of ether oxygens (including phenoxy) is 1. The zero-order valence-electron chi connectivity index (χ0n) is 11.8. The van der Waals surface area contributed by atoms with Crippen LogP contribution in [0.3, 0.4) is 0 Å². The SMILES string of the molecule is CCCC(NC(C)c1ccccc1OCC)C(=O)O. The molecule has 2 atom stereocenters. The van der Waals surface area contributed by atoms with E-state index in [9.17, 15) is 9.90 Å². The molecule has 0 bridgehead atoms. The summed E-state index contributed by atoms with van der Waals surface area (Å²) in [7, 11) is 0. The topological polar surface area (TPSA) is 58.6 Å². The normalized spacial score (nSPS) is 13.8. The number of carbonyl (C=O) groups is 1. The molecule has 1 aromatic rings. The lowest BCUT2D eigenvalue weighted by atomic mass is 10.0. The summed E-state index contributed by atoms with van der Waals surface area (Å²) >= 11 is 0. The van der Waals surface area contributed by atoms with Gasteiger partial charge in [-0.1, -0.05) is 31.5 Å². The fourth-order valence-electron chi connectivity index (χ4n) is 2.08. The maximum Gasteiger partial charge on any atom is 0.320 e. The number of hydrogen-bond acceptors (Lipinski definition) is 3. The minimum Gasteiger partial charge on any atom is -0.494 e. The van der Waals surface area contributed by atoms with E-state index >= 15 is 0 Å². The zero-order chi connectivity index (χ0) is 14.3. The third-order valence-corrected chi connectivity index (χ3v) is 3.01. The van der Waals surface area contributed by atoms with E-state index in [0.717, 1.165) is 17.7 Å². The lowest BCUT2D eigenvalue weighted by Crippen LogP contribution is -2.38. The number of nitrogens with one attached hydrogen (secondary N) is 1. The first-order valence-electron chi connectivity index (χ1n) is 6.80. The Morgan fingerprint density at radius 3 is 2.63 bits per heavy atom. The molecule has 1 aromatic carbocycles. The number of para-hydroxylation sites is 1. The Hall–Kier alpha value is -1.55. The lowest BCUT2D eigenvalue weighted by molar-refractivity contribution is -0.139. The van der Waals surface area contributed by atoms with Crippen molar-refractivity contribution in [2.45, 2.75) is 45.7 Å². The largest absolute Gasteiger partial charge is 0.494 e. The zero-order valence-corrected chi connectivity index (χ0v) is 11.8. The van der Waals surface area contributed by atoms with Crippen LogP contribution in [0.4, 0.5) is 0 Å². The van der Waals surface area contributed by atoms with E-state index in [1.807, 2.05) is 45.0 Å². The molecule has 0 spiro atoms. The smallest absolute Gasteiger partial charge is 0.320 e. The summed E-state index contributed by atoms with van der Waals surface area (Å²) in [5, 5.41) is 12.3. The fourth-order valence-corrected chi connectivity index (χ4v) is 2.08. The van der Waals surface area contributed by atoms with E-state index in [1.165, 1.54) is 0 Å². The first kappa shape index (κ1) is 15.5. The van der Waals surface area contributed by atoms with Crippen molar-refractivity contribution in [3.8, 4) is 5.75 Å². The van der Waals surface area contributed by atoms with Gasteiger partial charge in [0.1, 0.15) is 11.8 Å². The molecule has 0 aromatic heterocycles. The van der Waals surface area contributed by atoms with Crippen LogP contribution in [0.15, 0.2) is 24.3 Å². The molecule has 0 saturated heterocycles. The quantitative estimate of drug-likeness (QED) is 0.758. The van der Waals surface area contributed by atoms with Gasteiger partial charge in [-0.2, -0.15) is 0 Å². The third-order valence-electron chi connectivity index (χ3n) is 3.01. The second-order valence-corrected chi connectivity index (χ2v) is 4.54. The van der Waals surface area contributed by atoms with E-state index in [1.54, 1.807) is 0 Å². The highest BCUT2D eigenvalue weighted by Crippen LogP contribution is 2.25. The predicted molar refractivity (Wildman–Crippen MR) is 75.5 cm³/mol. The molecule has 106 valence electrons. The standard InChI is InChI=1S/C15H23NO3/c1-4-8-13(15(17)18)16-11(3)12-9-6-7-10-14(12)19-5-2/h6-7,9-11,13,16H,4-5,8H2,1-3H3,(H,17,18). The first-order chi connectivity index (χ1) is 9.10. The average Bonchev–Trinajstić information content (AvgIpc) is 2.39. The van der Waals surface area contributed by atoms with Gasteiger partial charge in [-0.05, 0) is 26.3 Å². The molecule has 4 heteroatoms. The van der Waals surface area contributed by atoms with Gasteiger partial charge in [-0.25, -0.2) is 0 Å². The van der Waals surface area contributed by atoms with Gasteiger partial charge < -0.3 is 9.84 Å². The van der Waals surface area contributed by atoms with Gasteiger partial charge in [-0.3, -0.25) is 10.1 Å². The van der Waals surface area contributed by atoms with Crippen molar-refractivity contribution in [1.29, 1.82) is 0 Å². The molecule has 4 nitrogen and oxygen atoms in total. The predicted octanol–water partition coefficient (Wildman–Crippen LogP) is 2.99. The molecule has 0 heterocycles. The number of aliphatic carboxylic acids is 1. The maximum atomic E-state index is 11.2. The molecule has 0 fully saturated rings. The Bertz CT molecular complexity index is 406. The van der Waals surface area contributed by atoms with Crippen molar-refractivity contribution in [2.24, 2.45) is 0 Å². The van der Waals surface area contributed by atoms with Crippen LogP contribution in [0.5, 0.6) is 5.75 Å². The van der Waals surface area contributed by atoms with Gasteiger partial charge in [0.2, 0.25) is 0 Å². The second kappa shape index (κ2) is 7.79. The number of rotatable bonds is 8. The van der Waals surface area contributed by atoms with Crippen LogP contribution >= 0.6 is 0 Å². The van der Waals surface area contributed by atoms with Gasteiger partial charge in [0.15, 0.2) is 0 Å². The summed E-state index contributed by atoms with van der Waals surface area (Å²) in [6, 6.07) is 7.15. The third kappa shape index (κ3) is 4.56. The molecule has 0 saturated carbocycles. The van der Waals surface area contributed by atoms with Crippen LogP contribution < -0.4 is 10.1 Å². The van der Waals surface area contributed by atoms with Crippen LogP contribution in [0.25, 0.3) is 0 Å². The molecule has 19 heavy (non-hydrogen) atoms. The van der Waals surface area contributed by atoms with Gasteiger partial charge in [0, 0.05) is 11.6 Å². The molecule has 2 unspecified atom stereocenters. The van der Waals surface area contributed by atoms with Crippen molar-refractivity contribution < 1.29 is 14.6 Å². The number of carboxylic acids is 1. The van der Waals surface area contributed by atoms with Crippen LogP contribution in [0.2, 0.25) is 0 Å². The molecule has 0 amide bonds. The Labute approximate surface area is 114 Å². The summed E-state index contributed by atoms with van der Waals surface area (Å²) in [4.78, 5) is 11.2. The minimum atomic E-state index is -0.803. The summed E-state index contributed by atoms with van der Waals surface area (Å²) < 4.78 is 5.57. The van der Waals surface area contributed by atoms with Crippen LogP contribution in [0, 0.1) is 0 Å². The highest BCUT2D eigenvalue weighted by Gasteiger charge is 2.20. The summed E-state index contributed by atoms with van der Waals surface area (Å²) in [6.07, 6.45) is 1.46. The highest BCUT2D eigenvalue weighted by atomic mass is 16.5. The minimum absolute atomic E-state index is 0.0598. The van der Waals surface area contributed by atoms with Gasteiger partial charge >= 0.3 is 5.97 Å². The van der Waals surface area contributed by atoms with Gasteiger partial charge in [0.05, 0.1) is 6.61 Å². The molecule has 0 radical (unpaired) electrons. The molecule has 0 aliphatic carbocycles. The van der Waals surface area contributed by atoms with E-state index in [-0.39, 0.29) is 6.04 Å². The Morgan fingerprint density at radius 2 is 2.05 bits per heavy atom. The summed E-state index contributed by atoms with van der Waals surface area (Å²) in [6.45, 7) is 6.48. The van der Waals surface area contributed by atoms with Crippen molar-refractivity contribution in [3.05, 3.63) is 29.8 Å². The average molecular weight is 265 g/mol. The maximum absolute atomic E-state index is 11.2. The van der Waals surface area contributed by atoms with Crippen molar-refractivity contribution in [2.75, 3.05) is 6.61 Å². The number of benzene rings is 1. The summed E-state index contributed by atoms with van der Waals surface area (Å²) in [5.74, 6) is 0.00762. The second-order valence-electron chi connectivity index (χ2n) is 4.54. The number of carboxylic acid groups (broad SMARTS) is 1. The Morgan fingerprint density at radius 1 is 1.37 bits per heavy atom. The van der Waals surface area contributed by atoms with Crippen LogP contribution in [-0.2, 0) is 4.79 Å². The summed E-state index contributed by atoms with van der Waals surface area (Å²) in [5.41, 5.74) is 0.992. The molecule has 0 aliphatic rings. The monoisotopic (exact) mass is 265 g/mol. The van der Waals surface area contributed by atoms with Crippen molar-refractivity contribution in [1.82, 2.24) is 5.32 Å². The van der Waals surface area contributed by atoms with Crippen LogP contribution in [0.1, 0.15) is 45.2 Å². The van der Waals surface area contributed by atoms with Gasteiger partial charge in [0.25, 0.3) is 0 Å². The van der Waals surface area contributed by atoms with Crippen molar-refractivity contribution >= 4 is 5.97 Å².